The molecule has 0 amide bonds. The number of aromatic nitrogens is 2. The Morgan fingerprint density at radius 2 is 1.76 bits per heavy atom. The minimum atomic E-state index is 0.219. The van der Waals surface area contributed by atoms with Crippen LogP contribution in [0.5, 0.6) is 0 Å². The predicted octanol–water partition coefficient (Wildman–Crippen LogP) is 2.69. The van der Waals surface area contributed by atoms with Gasteiger partial charge < -0.3 is 15.5 Å². The first-order valence-electron chi connectivity index (χ1n) is 6.67. The maximum atomic E-state index is 6.04. The molecule has 0 unspecified atom stereocenters. The summed E-state index contributed by atoms with van der Waals surface area (Å²) in [6, 6.07) is 7.89. The zero-order chi connectivity index (χ0) is 14.8. The number of benzene rings is 1. The average Bonchev–Trinajstić information content (AvgIpc) is 2.50. The molecule has 1 aromatic heterocycles. The Hall–Kier alpha value is -1.72. The molecule has 0 atom stereocenters. The Labute approximate surface area is 133 Å². The second kappa shape index (κ2) is 5.95. The molecule has 1 aliphatic rings. The number of piperazine rings is 1. The Balaban J connectivity index is 1.72. The van der Waals surface area contributed by atoms with Crippen molar-refractivity contribution in [1.29, 1.82) is 0 Å². The quantitative estimate of drug-likeness (QED) is 0.861. The lowest BCUT2D eigenvalue weighted by atomic mass is 10.2. The van der Waals surface area contributed by atoms with E-state index in [2.05, 4.69) is 25.8 Å². The molecule has 2 aromatic rings. The third kappa shape index (κ3) is 3.14. The van der Waals surface area contributed by atoms with E-state index in [1.807, 2.05) is 18.2 Å². The molecule has 0 aliphatic carbocycles. The number of nitrogen functional groups attached to an aromatic ring is 1. The Kier molecular flexibility index (Phi) is 4.03. The number of nitrogens with two attached hydrogens (primary N) is 1. The smallest absolute Gasteiger partial charge is 0.224 e. The van der Waals surface area contributed by atoms with Crippen molar-refractivity contribution < 1.29 is 0 Å². The molecule has 2 heterocycles. The summed E-state index contributed by atoms with van der Waals surface area (Å²) in [6.07, 6.45) is 1.55. The van der Waals surface area contributed by atoms with E-state index in [0.717, 1.165) is 36.9 Å². The van der Waals surface area contributed by atoms with Gasteiger partial charge in [0.15, 0.2) is 5.82 Å². The van der Waals surface area contributed by atoms with Crippen molar-refractivity contribution in [3.8, 4) is 0 Å². The summed E-state index contributed by atoms with van der Waals surface area (Å²) in [5, 5.41) is 0.971. The topological polar surface area (TPSA) is 58.3 Å². The monoisotopic (exact) mass is 323 g/mol. The van der Waals surface area contributed by atoms with Gasteiger partial charge in [-0.15, -0.1) is 0 Å². The van der Waals surface area contributed by atoms with Crippen LogP contribution in [0, 0.1) is 0 Å². The van der Waals surface area contributed by atoms with Crippen LogP contribution in [-0.4, -0.2) is 36.1 Å². The lowest BCUT2D eigenvalue weighted by Gasteiger charge is -2.37. The molecule has 7 heteroatoms. The molecule has 3 rings (SSSR count). The zero-order valence-electron chi connectivity index (χ0n) is 11.3. The summed E-state index contributed by atoms with van der Waals surface area (Å²) in [6.45, 7) is 3.40. The third-order valence-corrected chi connectivity index (χ3v) is 3.94. The molecule has 0 saturated carbocycles. The number of nitrogens with zero attached hydrogens (tertiary/aromatic N) is 4. The van der Waals surface area contributed by atoms with E-state index in [1.165, 1.54) is 0 Å². The van der Waals surface area contributed by atoms with Gasteiger partial charge in [0.25, 0.3) is 0 Å². The van der Waals surface area contributed by atoms with Gasteiger partial charge in [-0.05, 0) is 29.8 Å². The molecule has 1 aliphatic heterocycles. The maximum absolute atomic E-state index is 6.04. The maximum Gasteiger partial charge on any atom is 0.224 e. The van der Waals surface area contributed by atoms with Gasteiger partial charge in [0.1, 0.15) is 0 Å². The van der Waals surface area contributed by atoms with Crippen molar-refractivity contribution >= 4 is 40.4 Å². The Morgan fingerprint density at radius 3 is 2.48 bits per heavy atom. The highest BCUT2D eigenvalue weighted by atomic mass is 35.5. The number of halogens is 2. The highest BCUT2D eigenvalue weighted by Crippen LogP contribution is 2.25. The van der Waals surface area contributed by atoms with Crippen LogP contribution in [0.1, 0.15) is 0 Å². The van der Waals surface area contributed by atoms with Crippen LogP contribution in [-0.2, 0) is 0 Å². The van der Waals surface area contributed by atoms with Crippen LogP contribution in [0.25, 0.3) is 0 Å². The molecule has 110 valence electrons. The van der Waals surface area contributed by atoms with Gasteiger partial charge in [-0.25, -0.2) is 4.98 Å². The van der Waals surface area contributed by atoms with E-state index < -0.39 is 0 Å². The van der Waals surface area contributed by atoms with E-state index in [9.17, 15) is 0 Å². The number of anilines is 3. The van der Waals surface area contributed by atoms with Crippen molar-refractivity contribution in [2.24, 2.45) is 0 Å². The third-order valence-electron chi connectivity index (χ3n) is 3.52. The molecule has 0 bridgehead atoms. The second-order valence-electron chi connectivity index (χ2n) is 4.87. The van der Waals surface area contributed by atoms with Crippen molar-refractivity contribution in [3.05, 3.63) is 40.8 Å². The summed E-state index contributed by atoms with van der Waals surface area (Å²) in [7, 11) is 0. The lowest BCUT2D eigenvalue weighted by molar-refractivity contribution is 0.647. The standard InChI is InChI=1S/C14H15Cl2N5/c15-10-2-1-3-11(8-10)20-4-6-21(7-5-20)13-12(17)9-18-14(16)19-13/h1-3,8-9H,4-7,17H2. The number of hydrogen-bond acceptors (Lipinski definition) is 5. The molecule has 1 aromatic carbocycles. The number of rotatable bonds is 2. The summed E-state index contributed by atoms with van der Waals surface area (Å²) < 4.78 is 0. The van der Waals surface area contributed by atoms with Crippen LogP contribution in [0.3, 0.4) is 0 Å². The van der Waals surface area contributed by atoms with E-state index in [0.29, 0.717) is 11.5 Å². The van der Waals surface area contributed by atoms with Crippen LogP contribution in [0.15, 0.2) is 30.5 Å². The molecule has 1 saturated heterocycles. The van der Waals surface area contributed by atoms with Crippen LogP contribution < -0.4 is 15.5 Å². The second-order valence-corrected chi connectivity index (χ2v) is 5.65. The molecule has 0 radical (unpaired) electrons. The fourth-order valence-corrected chi connectivity index (χ4v) is 2.78. The first-order valence-corrected chi connectivity index (χ1v) is 7.42. The largest absolute Gasteiger partial charge is 0.394 e. The molecule has 2 N–H and O–H groups in total. The summed E-state index contributed by atoms with van der Waals surface area (Å²) in [4.78, 5) is 12.5. The van der Waals surface area contributed by atoms with Gasteiger partial charge in [-0.3, -0.25) is 0 Å². The highest BCUT2D eigenvalue weighted by Gasteiger charge is 2.20. The summed E-state index contributed by atoms with van der Waals surface area (Å²) in [5.74, 6) is 0.709. The van der Waals surface area contributed by atoms with Gasteiger partial charge in [0, 0.05) is 36.9 Å². The summed E-state index contributed by atoms with van der Waals surface area (Å²) >= 11 is 11.9. The van der Waals surface area contributed by atoms with Crippen LogP contribution >= 0.6 is 23.2 Å². The molecular weight excluding hydrogens is 309 g/mol. The van der Waals surface area contributed by atoms with Gasteiger partial charge in [0.2, 0.25) is 5.28 Å². The normalized spacial score (nSPS) is 15.3. The van der Waals surface area contributed by atoms with Crippen molar-refractivity contribution in [3.63, 3.8) is 0 Å². The predicted molar refractivity (Wildman–Crippen MR) is 87.3 cm³/mol. The SMILES string of the molecule is Nc1cnc(Cl)nc1N1CCN(c2cccc(Cl)c2)CC1. The lowest BCUT2D eigenvalue weighted by Crippen LogP contribution is -2.47. The van der Waals surface area contributed by atoms with Crippen molar-refractivity contribution in [1.82, 2.24) is 9.97 Å². The zero-order valence-corrected chi connectivity index (χ0v) is 12.8. The summed E-state index contributed by atoms with van der Waals surface area (Å²) in [5.41, 5.74) is 7.62. The minimum Gasteiger partial charge on any atom is -0.394 e. The molecular formula is C14H15Cl2N5. The van der Waals surface area contributed by atoms with Crippen LogP contribution in [0.2, 0.25) is 10.3 Å². The molecule has 21 heavy (non-hydrogen) atoms. The van der Waals surface area contributed by atoms with Gasteiger partial charge in [-0.2, -0.15) is 4.98 Å². The Bertz CT molecular complexity index is 641. The van der Waals surface area contributed by atoms with Gasteiger partial charge in [0.05, 0.1) is 11.9 Å². The highest BCUT2D eigenvalue weighted by molar-refractivity contribution is 6.30. The van der Waals surface area contributed by atoms with E-state index in [4.69, 9.17) is 28.9 Å². The fraction of sp³-hybridized carbons (Fsp3) is 0.286. The fourth-order valence-electron chi connectivity index (χ4n) is 2.46. The molecule has 0 spiro atoms. The molecule has 5 nitrogen and oxygen atoms in total. The van der Waals surface area contributed by atoms with E-state index in [-0.39, 0.29) is 5.28 Å². The first kappa shape index (κ1) is 14.2. The van der Waals surface area contributed by atoms with E-state index in [1.54, 1.807) is 6.20 Å². The van der Waals surface area contributed by atoms with Crippen molar-refractivity contribution in [2.45, 2.75) is 0 Å². The number of hydrogen-bond donors (Lipinski definition) is 1. The molecule has 1 fully saturated rings. The first-order chi connectivity index (χ1) is 10.1. The minimum absolute atomic E-state index is 0.219. The van der Waals surface area contributed by atoms with E-state index >= 15 is 0 Å². The average molecular weight is 324 g/mol. The van der Waals surface area contributed by atoms with Gasteiger partial charge >= 0.3 is 0 Å². The van der Waals surface area contributed by atoms with Crippen LogP contribution in [0.4, 0.5) is 17.2 Å². The Morgan fingerprint density at radius 1 is 1.05 bits per heavy atom. The van der Waals surface area contributed by atoms with Crippen molar-refractivity contribution in [2.75, 3.05) is 41.7 Å². The van der Waals surface area contributed by atoms with Gasteiger partial charge in [-0.1, -0.05) is 17.7 Å².